The highest BCUT2D eigenvalue weighted by atomic mass is 35.5. The SMILES string of the molecule is Cc1cccc(N2CCN(c3cc(C(=O)O)c4cc(NC(=O)c5ccccc5C)ccc4n3)CC2)c1.Cl.Cl.Cl. The third-order valence-electron chi connectivity index (χ3n) is 6.64. The van der Waals surface area contributed by atoms with Crippen LogP contribution >= 0.6 is 37.2 Å². The number of hydrogen-bond acceptors (Lipinski definition) is 5. The van der Waals surface area contributed by atoms with Gasteiger partial charge in [0.15, 0.2) is 0 Å². The van der Waals surface area contributed by atoms with Crippen molar-refractivity contribution in [1.29, 1.82) is 0 Å². The zero-order valence-corrected chi connectivity index (χ0v) is 24.0. The Morgan fingerprint density at radius 3 is 2.15 bits per heavy atom. The number of benzene rings is 3. The first kappa shape index (κ1) is 31.7. The van der Waals surface area contributed by atoms with Gasteiger partial charge >= 0.3 is 5.97 Å². The number of nitrogens with zero attached hydrogens (tertiary/aromatic N) is 3. The number of piperazine rings is 1. The number of carbonyl (C=O) groups is 2. The smallest absolute Gasteiger partial charge is 0.336 e. The zero-order valence-electron chi connectivity index (χ0n) is 21.6. The van der Waals surface area contributed by atoms with Gasteiger partial charge in [-0.25, -0.2) is 9.78 Å². The molecule has 0 atom stereocenters. The molecule has 206 valence electrons. The predicted molar refractivity (Wildman–Crippen MR) is 165 cm³/mol. The fraction of sp³-hybridized carbons (Fsp3) is 0.207. The Hall–Kier alpha value is -3.52. The minimum Gasteiger partial charge on any atom is -0.478 e. The van der Waals surface area contributed by atoms with Crippen molar-refractivity contribution >= 4 is 77.2 Å². The second-order valence-electron chi connectivity index (χ2n) is 9.15. The molecule has 2 heterocycles. The number of nitrogens with one attached hydrogen (secondary N) is 1. The average molecular weight is 590 g/mol. The Kier molecular flexibility index (Phi) is 11.0. The molecule has 0 unspecified atom stereocenters. The molecule has 1 fully saturated rings. The van der Waals surface area contributed by atoms with Gasteiger partial charge in [0.2, 0.25) is 0 Å². The van der Waals surface area contributed by atoms with Crippen molar-refractivity contribution in [2.24, 2.45) is 0 Å². The summed E-state index contributed by atoms with van der Waals surface area (Å²) in [5.41, 5.74) is 5.16. The van der Waals surface area contributed by atoms with Gasteiger partial charge in [0.25, 0.3) is 5.91 Å². The number of hydrogen-bond donors (Lipinski definition) is 2. The number of carboxylic acid groups (broad SMARTS) is 1. The fourth-order valence-corrected chi connectivity index (χ4v) is 4.67. The minimum atomic E-state index is -1.02. The summed E-state index contributed by atoms with van der Waals surface area (Å²) in [6.45, 7) is 7.12. The number of rotatable bonds is 5. The van der Waals surface area contributed by atoms with E-state index in [1.165, 1.54) is 11.3 Å². The number of pyridine rings is 1. The van der Waals surface area contributed by atoms with Gasteiger partial charge in [0.1, 0.15) is 5.82 Å². The summed E-state index contributed by atoms with van der Waals surface area (Å²) in [5, 5.41) is 13.3. The van der Waals surface area contributed by atoms with E-state index in [9.17, 15) is 14.7 Å². The van der Waals surface area contributed by atoms with Gasteiger partial charge in [-0.3, -0.25) is 4.79 Å². The van der Waals surface area contributed by atoms with Crippen LogP contribution in [0.5, 0.6) is 0 Å². The van der Waals surface area contributed by atoms with E-state index < -0.39 is 5.97 Å². The van der Waals surface area contributed by atoms with E-state index in [1.54, 1.807) is 30.3 Å². The van der Waals surface area contributed by atoms with E-state index in [0.717, 1.165) is 31.7 Å². The Balaban J connectivity index is 0.00000178. The second-order valence-corrected chi connectivity index (χ2v) is 9.15. The van der Waals surface area contributed by atoms with E-state index in [4.69, 9.17) is 4.98 Å². The molecule has 0 spiro atoms. The van der Waals surface area contributed by atoms with E-state index in [1.807, 2.05) is 25.1 Å². The molecule has 3 aromatic carbocycles. The third-order valence-corrected chi connectivity index (χ3v) is 6.64. The van der Waals surface area contributed by atoms with Crippen molar-refractivity contribution in [3.63, 3.8) is 0 Å². The first-order valence-corrected chi connectivity index (χ1v) is 12.0. The molecular weight excluding hydrogens is 559 g/mol. The lowest BCUT2D eigenvalue weighted by atomic mass is 10.1. The number of aromatic nitrogens is 1. The topological polar surface area (TPSA) is 85.8 Å². The van der Waals surface area contributed by atoms with Crippen LogP contribution in [0.3, 0.4) is 0 Å². The lowest BCUT2D eigenvalue weighted by Crippen LogP contribution is -2.46. The van der Waals surface area contributed by atoms with Gasteiger partial charge < -0.3 is 20.2 Å². The van der Waals surface area contributed by atoms with Crippen LogP contribution in [0.1, 0.15) is 31.8 Å². The van der Waals surface area contributed by atoms with Gasteiger partial charge in [-0.1, -0.05) is 30.3 Å². The summed E-state index contributed by atoms with van der Waals surface area (Å²) >= 11 is 0. The Morgan fingerprint density at radius 2 is 1.49 bits per heavy atom. The van der Waals surface area contributed by atoms with Crippen LogP contribution in [-0.2, 0) is 0 Å². The Labute approximate surface area is 246 Å². The summed E-state index contributed by atoms with van der Waals surface area (Å²) in [5.74, 6) is -0.606. The third kappa shape index (κ3) is 6.92. The van der Waals surface area contributed by atoms with Crippen molar-refractivity contribution < 1.29 is 14.7 Å². The predicted octanol–water partition coefficient (Wildman–Crippen LogP) is 6.39. The number of carbonyl (C=O) groups excluding carboxylic acids is 1. The molecule has 10 heteroatoms. The molecule has 2 N–H and O–H groups in total. The highest BCUT2D eigenvalue weighted by Gasteiger charge is 2.21. The van der Waals surface area contributed by atoms with Crippen LogP contribution < -0.4 is 15.1 Å². The maximum absolute atomic E-state index is 12.7. The van der Waals surface area contributed by atoms with E-state index in [-0.39, 0.29) is 48.7 Å². The molecule has 1 saturated heterocycles. The second kappa shape index (κ2) is 13.5. The molecule has 1 aliphatic rings. The summed E-state index contributed by atoms with van der Waals surface area (Å²) in [6, 6.07) is 22.6. The molecule has 7 nitrogen and oxygen atoms in total. The van der Waals surface area contributed by atoms with Crippen molar-refractivity contribution in [2.75, 3.05) is 41.3 Å². The van der Waals surface area contributed by atoms with Crippen molar-refractivity contribution in [3.05, 3.63) is 95.1 Å². The summed E-state index contributed by atoms with van der Waals surface area (Å²) < 4.78 is 0. The standard InChI is InChI=1S/C29H28N4O3.3ClH/c1-19-6-5-8-22(16-19)32-12-14-33(15-13-32)27-18-25(29(35)36)24-17-21(10-11-26(24)31-27)30-28(34)23-9-4-3-7-20(23)2;;;/h3-11,16-18H,12-15H2,1-2H3,(H,30,34)(H,35,36);3*1H. The molecule has 0 saturated carbocycles. The average Bonchev–Trinajstić information content (AvgIpc) is 2.88. The summed E-state index contributed by atoms with van der Waals surface area (Å²) in [6.07, 6.45) is 0. The lowest BCUT2D eigenvalue weighted by Gasteiger charge is -2.37. The van der Waals surface area contributed by atoms with Crippen molar-refractivity contribution in [2.45, 2.75) is 13.8 Å². The maximum Gasteiger partial charge on any atom is 0.336 e. The number of amides is 1. The monoisotopic (exact) mass is 588 g/mol. The lowest BCUT2D eigenvalue weighted by molar-refractivity contribution is 0.0698. The van der Waals surface area contributed by atoms with Crippen LogP contribution in [-0.4, -0.2) is 48.1 Å². The van der Waals surface area contributed by atoms with Gasteiger partial charge in [0.05, 0.1) is 11.1 Å². The van der Waals surface area contributed by atoms with Crippen molar-refractivity contribution in [3.8, 4) is 0 Å². The van der Waals surface area contributed by atoms with Crippen LogP contribution in [0.2, 0.25) is 0 Å². The van der Waals surface area contributed by atoms with E-state index in [2.05, 4.69) is 46.3 Å². The van der Waals surface area contributed by atoms with Crippen LogP contribution in [0.15, 0.2) is 72.8 Å². The molecule has 0 bridgehead atoms. The molecule has 1 aliphatic heterocycles. The number of aryl methyl sites for hydroxylation is 2. The first-order valence-electron chi connectivity index (χ1n) is 12.0. The largest absolute Gasteiger partial charge is 0.478 e. The fourth-order valence-electron chi connectivity index (χ4n) is 4.67. The maximum atomic E-state index is 12.7. The number of aromatic carboxylic acids is 1. The molecule has 1 aromatic heterocycles. The van der Waals surface area contributed by atoms with Crippen molar-refractivity contribution in [1.82, 2.24) is 4.98 Å². The minimum absolute atomic E-state index is 0. The summed E-state index contributed by atoms with van der Waals surface area (Å²) in [4.78, 5) is 34.2. The van der Waals surface area contributed by atoms with Crippen LogP contribution in [0.4, 0.5) is 17.2 Å². The Morgan fingerprint density at radius 1 is 0.795 bits per heavy atom. The first-order chi connectivity index (χ1) is 17.4. The zero-order chi connectivity index (χ0) is 25.2. The van der Waals surface area contributed by atoms with Gasteiger partial charge in [-0.05, 0) is 67.4 Å². The van der Waals surface area contributed by atoms with Crippen LogP contribution in [0, 0.1) is 13.8 Å². The van der Waals surface area contributed by atoms with Gasteiger partial charge in [-0.15, -0.1) is 37.2 Å². The molecule has 4 aromatic rings. The molecule has 0 radical (unpaired) electrons. The summed E-state index contributed by atoms with van der Waals surface area (Å²) in [7, 11) is 0. The highest BCUT2D eigenvalue weighted by Crippen LogP contribution is 2.28. The molecule has 0 aliphatic carbocycles. The van der Waals surface area contributed by atoms with E-state index >= 15 is 0 Å². The number of fused-ring (bicyclic) bond motifs is 1. The van der Waals surface area contributed by atoms with Gasteiger partial charge in [0, 0.05) is 48.5 Å². The highest BCUT2D eigenvalue weighted by molar-refractivity contribution is 6.08. The number of anilines is 3. The van der Waals surface area contributed by atoms with E-state index in [0.29, 0.717) is 28.0 Å². The quantitative estimate of drug-likeness (QED) is 0.280. The molecular formula is C29H31Cl3N4O3. The van der Waals surface area contributed by atoms with Crippen LogP contribution in [0.25, 0.3) is 10.9 Å². The number of carboxylic acids is 1. The number of halogens is 3. The Bertz CT molecular complexity index is 1470. The molecule has 5 rings (SSSR count). The normalized spacial score (nSPS) is 12.6. The molecule has 39 heavy (non-hydrogen) atoms. The van der Waals surface area contributed by atoms with Gasteiger partial charge in [-0.2, -0.15) is 0 Å². The molecule has 1 amide bonds.